The lowest BCUT2D eigenvalue weighted by molar-refractivity contribution is 0.416. The van der Waals surface area contributed by atoms with Crippen LogP contribution < -0.4 is 5.73 Å². The van der Waals surface area contributed by atoms with Crippen LogP contribution in [0, 0.1) is 0 Å². The summed E-state index contributed by atoms with van der Waals surface area (Å²) in [6.07, 6.45) is 0. The van der Waals surface area contributed by atoms with E-state index >= 15 is 0 Å². The summed E-state index contributed by atoms with van der Waals surface area (Å²) in [7, 11) is -3.29. The summed E-state index contributed by atoms with van der Waals surface area (Å²) in [6.45, 7) is 4.49. The van der Waals surface area contributed by atoms with E-state index in [2.05, 4.69) is 0 Å². The number of hydrogen-bond donors (Lipinski definition) is 1. The highest BCUT2D eigenvalue weighted by molar-refractivity contribution is 7.89. The second-order valence-electron chi connectivity index (χ2n) is 4.00. The van der Waals surface area contributed by atoms with Crippen molar-refractivity contribution in [3.8, 4) is 0 Å². The van der Waals surface area contributed by atoms with Gasteiger partial charge in [-0.1, -0.05) is 37.3 Å². The van der Waals surface area contributed by atoms with Gasteiger partial charge in [-0.15, -0.1) is 0 Å². The molecule has 4 nitrogen and oxygen atoms in total. The second kappa shape index (κ2) is 6.14. The monoisotopic (exact) mass is 256 g/mol. The molecule has 0 aliphatic carbocycles. The van der Waals surface area contributed by atoms with Gasteiger partial charge in [-0.05, 0) is 12.5 Å². The maximum Gasteiger partial charge on any atom is 0.218 e. The third kappa shape index (κ3) is 3.52. The Kier molecular flexibility index (Phi) is 5.11. The number of benzene rings is 1. The predicted octanol–water partition coefficient (Wildman–Crippen LogP) is 1.19. The average Bonchev–Trinajstić information content (AvgIpc) is 2.35. The second-order valence-corrected chi connectivity index (χ2v) is 6.35. The van der Waals surface area contributed by atoms with Gasteiger partial charge in [0.15, 0.2) is 0 Å². The highest BCUT2D eigenvalue weighted by Crippen LogP contribution is 2.12. The lowest BCUT2D eigenvalue weighted by atomic mass is 10.2. The van der Waals surface area contributed by atoms with Crippen molar-refractivity contribution >= 4 is 10.0 Å². The minimum Gasteiger partial charge on any atom is -0.329 e. The fourth-order valence-corrected chi connectivity index (χ4v) is 2.99. The zero-order valence-corrected chi connectivity index (χ0v) is 11.2. The number of nitrogens with two attached hydrogens (primary N) is 1. The van der Waals surface area contributed by atoms with Crippen LogP contribution in [0.5, 0.6) is 0 Å². The topological polar surface area (TPSA) is 63.4 Å². The molecule has 2 N–H and O–H groups in total. The van der Waals surface area contributed by atoms with E-state index in [0.717, 1.165) is 5.56 Å². The smallest absolute Gasteiger partial charge is 0.218 e. The molecule has 1 aromatic rings. The third-order valence-electron chi connectivity index (χ3n) is 2.75. The molecule has 0 amide bonds. The van der Waals surface area contributed by atoms with Gasteiger partial charge in [-0.3, -0.25) is 0 Å². The highest BCUT2D eigenvalue weighted by Gasteiger charge is 2.26. The molecule has 1 atom stereocenters. The van der Waals surface area contributed by atoms with Crippen LogP contribution in [0.1, 0.15) is 19.4 Å². The molecular formula is C12H20N2O2S. The normalized spacial score (nSPS) is 13.9. The predicted molar refractivity (Wildman–Crippen MR) is 70.0 cm³/mol. The maximum absolute atomic E-state index is 12.1. The molecule has 0 bridgehead atoms. The molecule has 0 fully saturated rings. The quantitative estimate of drug-likeness (QED) is 0.831. The van der Waals surface area contributed by atoms with Gasteiger partial charge in [-0.25, -0.2) is 8.42 Å². The van der Waals surface area contributed by atoms with Crippen LogP contribution in [0.3, 0.4) is 0 Å². The Morgan fingerprint density at radius 3 is 2.35 bits per heavy atom. The fourth-order valence-electron chi connectivity index (χ4n) is 1.54. The summed E-state index contributed by atoms with van der Waals surface area (Å²) in [6, 6.07) is 9.57. The van der Waals surface area contributed by atoms with Crippen molar-refractivity contribution in [1.29, 1.82) is 0 Å². The first kappa shape index (κ1) is 14.2. The van der Waals surface area contributed by atoms with Gasteiger partial charge >= 0.3 is 0 Å². The van der Waals surface area contributed by atoms with Gasteiger partial charge < -0.3 is 5.73 Å². The Morgan fingerprint density at radius 1 is 1.29 bits per heavy atom. The number of hydrogen-bond acceptors (Lipinski definition) is 3. The Bertz CT molecular complexity index is 431. The molecule has 0 aromatic heterocycles. The first-order valence-corrected chi connectivity index (χ1v) is 7.25. The van der Waals surface area contributed by atoms with Crippen LogP contribution in [0.25, 0.3) is 0 Å². The van der Waals surface area contributed by atoms with Crippen molar-refractivity contribution in [2.75, 3.05) is 13.1 Å². The zero-order chi connectivity index (χ0) is 12.9. The van der Waals surface area contributed by atoms with Crippen molar-refractivity contribution in [2.24, 2.45) is 5.73 Å². The van der Waals surface area contributed by atoms with Gasteiger partial charge in [-0.2, -0.15) is 4.31 Å². The maximum atomic E-state index is 12.1. The van der Waals surface area contributed by atoms with Crippen LogP contribution in [-0.2, 0) is 16.6 Å². The Morgan fingerprint density at radius 2 is 1.88 bits per heavy atom. The van der Waals surface area contributed by atoms with E-state index in [1.54, 1.807) is 6.92 Å². The van der Waals surface area contributed by atoms with Crippen molar-refractivity contribution in [1.82, 2.24) is 4.31 Å². The Hall–Kier alpha value is -0.910. The minimum absolute atomic E-state index is 0.146. The summed E-state index contributed by atoms with van der Waals surface area (Å²) in [5.41, 5.74) is 6.43. The number of nitrogens with zero attached hydrogens (tertiary/aromatic N) is 1. The van der Waals surface area contributed by atoms with Gasteiger partial charge in [0.2, 0.25) is 10.0 Å². The van der Waals surface area contributed by atoms with E-state index in [-0.39, 0.29) is 6.54 Å². The van der Waals surface area contributed by atoms with Crippen LogP contribution in [0.2, 0.25) is 0 Å². The van der Waals surface area contributed by atoms with E-state index in [1.807, 2.05) is 37.3 Å². The standard InChI is InChI=1S/C12H20N2O2S/c1-3-14(17(15,16)11(2)9-13)10-12-7-5-4-6-8-12/h4-8,11H,3,9-10,13H2,1-2H3. The summed E-state index contributed by atoms with van der Waals surface area (Å²) in [5, 5.41) is -0.536. The SMILES string of the molecule is CCN(Cc1ccccc1)S(=O)(=O)C(C)CN. The summed E-state index contributed by atoms with van der Waals surface area (Å²) < 4.78 is 25.8. The van der Waals surface area contributed by atoms with E-state index in [1.165, 1.54) is 4.31 Å². The summed E-state index contributed by atoms with van der Waals surface area (Å²) in [5.74, 6) is 0. The highest BCUT2D eigenvalue weighted by atomic mass is 32.2. The average molecular weight is 256 g/mol. The van der Waals surface area contributed by atoms with Crippen LogP contribution in [-0.4, -0.2) is 31.1 Å². The molecule has 96 valence electrons. The van der Waals surface area contributed by atoms with Crippen molar-refractivity contribution in [3.05, 3.63) is 35.9 Å². The molecule has 0 heterocycles. The first-order chi connectivity index (χ1) is 8.02. The number of rotatable bonds is 6. The molecule has 0 radical (unpaired) electrons. The molecule has 0 saturated carbocycles. The third-order valence-corrected chi connectivity index (χ3v) is 5.07. The van der Waals surface area contributed by atoms with E-state index in [9.17, 15) is 8.42 Å². The zero-order valence-electron chi connectivity index (χ0n) is 10.3. The largest absolute Gasteiger partial charge is 0.329 e. The van der Waals surface area contributed by atoms with E-state index < -0.39 is 15.3 Å². The summed E-state index contributed by atoms with van der Waals surface area (Å²) in [4.78, 5) is 0. The van der Waals surface area contributed by atoms with Gasteiger partial charge in [0.25, 0.3) is 0 Å². The van der Waals surface area contributed by atoms with Gasteiger partial charge in [0, 0.05) is 19.6 Å². The van der Waals surface area contributed by atoms with Crippen molar-refractivity contribution in [3.63, 3.8) is 0 Å². The first-order valence-electron chi connectivity index (χ1n) is 5.75. The van der Waals surface area contributed by atoms with Crippen LogP contribution in [0.4, 0.5) is 0 Å². The van der Waals surface area contributed by atoms with Gasteiger partial charge in [0.1, 0.15) is 0 Å². The van der Waals surface area contributed by atoms with Crippen molar-refractivity contribution < 1.29 is 8.42 Å². The van der Waals surface area contributed by atoms with Crippen LogP contribution in [0.15, 0.2) is 30.3 Å². The fraction of sp³-hybridized carbons (Fsp3) is 0.500. The lowest BCUT2D eigenvalue weighted by Crippen LogP contribution is -2.40. The molecule has 17 heavy (non-hydrogen) atoms. The molecule has 5 heteroatoms. The molecule has 1 rings (SSSR count). The lowest BCUT2D eigenvalue weighted by Gasteiger charge is -2.23. The Balaban J connectivity index is 2.86. The molecule has 1 unspecified atom stereocenters. The van der Waals surface area contributed by atoms with Crippen LogP contribution >= 0.6 is 0 Å². The van der Waals surface area contributed by atoms with Crippen molar-refractivity contribution in [2.45, 2.75) is 25.6 Å². The molecule has 0 saturated heterocycles. The van der Waals surface area contributed by atoms with Gasteiger partial charge in [0.05, 0.1) is 5.25 Å². The van der Waals surface area contributed by atoms with E-state index in [0.29, 0.717) is 13.1 Å². The summed E-state index contributed by atoms with van der Waals surface area (Å²) >= 11 is 0. The molecule has 0 aliphatic heterocycles. The minimum atomic E-state index is -3.29. The van der Waals surface area contributed by atoms with E-state index in [4.69, 9.17) is 5.73 Å². The molecular weight excluding hydrogens is 236 g/mol. The molecule has 0 aliphatic rings. The molecule has 1 aromatic carbocycles. The molecule has 0 spiro atoms. The Labute approximate surface area is 103 Å². The number of sulfonamides is 1.